The number of nitrogens with zero attached hydrogens (tertiary/aromatic N) is 4. The van der Waals surface area contributed by atoms with Gasteiger partial charge in [0, 0.05) is 34.7 Å². The summed E-state index contributed by atoms with van der Waals surface area (Å²) >= 11 is 3.29. The molecule has 3 aromatic rings. The molecule has 0 radical (unpaired) electrons. The van der Waals surface area contributed by atoms with Gasteiger partial charge in [-0.05, 0) is 30.5 Å². The number of halogens is 3. The van der Waals surface area contributed by atoms with Crippen LogP contribution in [0.2, 0.25) is 0 Å². The van der Waals surface area contributed by atoms with E-state index < -0.39 is 6.43 Å². The zero-order chi connectivity index (χ0) is 18.5. The Morgan fingerprint density at radius 3 is 2.85 bits per heavy atom. The molecule has 0 bridgehead atoms. The highest BCUT2D eigenvalue weighted by molar-refractivity contribution is 9.10. The molecule has 4 heterocycles. The Labute approximate surface area is 163 Å². The largest absolute Gasteiger partial charge is 0.380 e. The lowest BCUT2D eigenvalue weighted by molar-refractivity contribution is 0.00467. The van der Waals surface area contributed by atoms with Crippen LogP contribution in [0.4, 0.5) is 20.3 Å². The van der Waals surface area contributed by atoms with Crippen LogP contribution in [0.5, 0.6) is 0 Å². The maximum absolute atomic E-state index is 13.5. The monoisotopic (exact) mass is 434 g/mol. The van der Waals surface area contributed by atoms with E-state index in [9.17, 15) is 8.78 Å². The second kappa shape index (κ2) is 6.53. The van der Waals surface area contributed by atoms with E-state index in [0.717, 1.165) is 47.8 Å². The maximum atomic E-state index is 13.5. The standard InChI is InChI=1S/C19H17BrF2N4O/c20-14-6-11-2-1-4-25(15(11)7-13(14)17(21)22)19-16-8-23-3-5-26(16)18(24-19)12-9-27-10-12/h3,5-8,12,17H,1-2,4,9-10H2. The Balaban J connectivity index is 1.68. The van der Waals surface area contributed by atoms with Gasteiger partial charge >= 0.3 is 0 Å². The van der Waals surface area contributed by atoms with E-state index in [1.54, 1.807) is 18.5 Å². The first-order valence-corrected chi connectivity index (χ1v) is 9.70. The number of aryl methyl sites for hydroxylation is 1. The Morgan fingerprint density at radius 1 is 1.26 bits per heavy atom. The highest BCUT2D eigenvalue weighted by Crippen LogP contribution is 2.41. The minimum absolute atomic E-state index is 0.00917. The molecule has 0 spiro atoms. The van der Waals surface area contributed by atoms with Crippen LogP contribution in [-0.4, -0.2) is 34.1 Å². The second-order valence-electron chi connectivity index (χ2n) is 6.92. The van der Waals surface area contributed by atoms with Crippen molar-refractivity contribution >= 4 is 33.0 Å². The molecule has 0 unspecified atom stereocenters. The first kappa shape index (κ1) is 17.1. The zero-order valence-corrected chi connectivity index (χ0v) is 16.0. The third kappa shape index (κ3) is 2.73. The van der Waals surface area contributed by atoms with Gasteiger partial charge < -0.3 is 9.64 Å². The summed E-state index contributed by atoms with van der Waals surface area (Å²) in [5.74, 6) is 1.96. The molecule has 27 heavy (non-hydrogen) atoms. The molecule has 1 saturated heterocycles. The summed E-state index contributed by atoms with van der Waals surface area (Å²) in [6.07, 6.45) is 4.69. The third-order valence-electron chi connectivity index (χ3n) is 5.27. The van der Waals surface area contributed by atoms with E-state index in [2.05, 4.69) is 25.8 Å². The molecule has 5 rings (SSSR count). The van der Waals surface area contributed by atoms with Gasteiger partial charge in [-0.2, -0.15) is 0 Å². The fourth-order valence-electron chi connectivity index (χ4n) is 3.82. The van der Waals surface area contributed by atoms with Crippen molar-refractivity contribution in [1.29, 1.82) is 0 Å². The molecule has 8 heteroatoms. The Kier molecular flexibility index (Phi) is 4.12. The molecule has 0 aliphatic carbocycles. The average molecular weight is 435 g/mol. The topological polar surface area (TPSA) is 42.7 Å². The predicted molar refractivity (Wildman–Crippen MR) is 101 cm³/mol. The molecule has 1 fully saturated rings. The van der Waals surface area contributed by atoms with Crippen molar-refractivity contribution in [2.24, 2.45) is 0 Å². The molecule has 2 aromatic heterocycles. The number of rotatable bonds is 3. The molecule has 1 aromatic carbocycles. The lowest BCUT2D eigenvalue weighted by Crippen LogP contribution is -2.27. The minimum Gasteiger partial charge on any atom is -0.380 e. The van der Waals surface area contributed by atoms with Crippen LogP contribution < -0.4 is 4.90 Å². The SMILES string of the molecule is FC(F)c1cc2c(cc1Br)CCCN2c1nc(C2COC2)n2ccncc12. The lowest BCUT2D eigenvalue weighted by atomic mass is 9.99. The summed E-state index contributed by atoms with van der Waals surface area (Å²) in [6.45, 7) is 2.04. The van der Waals surface area contributed by atoms with Gasteiger partial charge in [0.15, 0.2) is 5.82 Å². The van der Waals surface area contributed by atoms with Crippen LogP contribution in [0.25, 0.3) is 5.52 Å². The van der Waals surface area contributed by atoms with Crippen molar-refractivity contribution in [2.45, 2.75) is 25.2 Å². The first-order chi connectivity index (χ1) is 13.1. The fourth-order valence-corrected chi connectivity index (χ4v) is 4.39. The summed E-state index contributed by atoms with van der Waals surface area (Å²) in [7, 11) is 0. The summed E-state index contributed by atoms with van der Waals surface area (Å²) in [5, 5.41) is 0. The lowest BCUT2D eigenvalue weighted by Gasteiger charge is -2.31. The summed E-state index contributed by atoms with van der Waals surface area (Å²) < 4.78 is 34.7. The van der Waals surface area contributed by atoms with Crippen molar-refractivity contribution in [1.82, 2.24) is 14.4 Å². The van der Waals surface area contributed by atoms with Gasteiger partial charge in [0.25, 0.3) is 6.43 Å². The average Bonchev–Trinajstić information content (AvgIpc) is 2.98. The number of aromatic nitrogens is 3. The van der Waals surface area contributed by atoms with E-state index in [4.69, 9.17) is 9.72 Å². The minimum atomic E-state index is -2.53. The number of hydrogen-bond acceptors (Lipinski definition) is 4. The van der Waals surface area contributed by atoms with Crippen LogP contribution in [-0.2, 0) is 11.2 Å². The molecular weight excluding hydrogens is 418 g/mol. The van der Waals surface area contributed by atoms with Crippen molar-refractivity contribution in [2.75, 3.05) is 24.7 Å². The molecule has 2 aliphatic rings. The van der Waals surface area contributed by atoms with Gasteiger partial charge in [-0.1, -0.05) is 15.9 Å². The summed E-state index contributed by atoms with van der Waals surface area (Å²) in [4.78, 5) is 11.2. The Morgan fingerprint density at radius 2 is 2.11 bits per heavy atom. The number of ether oxygens (including phenoxy) is 1. The number of fused-ring (bicyclic) bond motifs is 2. The Hall–Kier alpha value is -2.06. The summed E-state index contributed by atoms with van der Waals surface area (Å²) in [6, 6.07) is 3.41. The van der Waals surface area contributed by atoms with Crippen LogP contribution in [0, 0.1) is 0 Å². The first-order valence-electron chi connectivity index (χ1n) is 8.91. The molecule has 0 N–H and O–H groups in total. The molecular formula is C19H17BrF2N4O. The van der Waals surface area contributed by atoms with Crippen LogP contribution in [0.1, 0.15) is 35.7 Å². The van der Waals surface area contributed by atoms with Gasteiger partial charge in [-0.3, -0.25) is 9.38 Å². The third-order valence-corrected chi connectivity index (χ3v) is 5.95. The van der Waals surface area contributed by atoms with Crippen molar-refractivity contribution in [3.63, 3.8) is 0 Å². The maximum Gasteiger partial charge on any atom is 0.265 e. The van der Waals surface area contributed by atoms with Gasteiger partial charge in [0.2, 0.25) is 0 Å². The van der Waals surface area contributed by atoms with E-state index >= 15 is 0 Å². The Bertz CT molecular complexity index is 1020. The molecule has 0 amide bonds. The molecule has 0 saturated carbocycles. The number of anilines is 2. The highest BCUT2D eigenvalue weighted by atomic mass is 79.9. The van der Waals surface area contributed by atoms with E-state index in [1.807, 2.05) is 16.7 Å². The van der Waals surface area contributed by atoms with Gasteiger partial charge in [0.1, 0.15) is 11.3 Å². The van der Waals surface area contributed by atoms with Crippen molar-refractivity contribution in [3.8, 4) is 0 Å². The number of alkyl halides is 2. The van der Waals surface area contributed by atoms with Crippen molar-refractivity contribution in [3.05, 3.63) is 52.1 Å². The van der Waals surface area contributed by atoms with Gasteiger partial charge in [-0.15, -0.1) is 0 Å². The zero-order valence-electron chi connectivity index (χ0n) is 14.4. The normalized spacial score (nSPS) is 17.4. The highest BCUT2D eigenvalue weighted by Gasteiger charge is 2.30. The number of benzene rings is 1. The number of imidazole rings is 1. The number of hydrogen-bond donors (Lipinski definition) is 0. The molecule has 0 atom stereocenters. The predicted octanol–water partition coefficient (Wildman–Crippen LogP) is 4.63. The summed E-state index contributed by atoms with van der Waals surface area (Å²) in [5.41, 5.74) is 2.75. The fraction of sp³-hybridized carbons (Fsp3) is 0.368. The van der Waals surface area contributed by atoms with Crippen molar-refractivity contribution < 1.29 is 13.5 Å². The van der Waals surface area contributed by atoms with E-state index in [-0.39, 0.29) is 11.5 Å². The van der Waals surface area contributed by atoms with Gasteiger partial charge in [0.05, 0.1) is 25.3 Å². The van der Waals surface area contributed by atoms with Crippen LogP contribution in [0.3, 0.4) is 0 Å². The van der Waals surface area contributed by atoms with Crippen LogP contribution >= 0.6 is 15.9 Å². The quantitative estimate of drug-likeness (QED) is 0.602. The van der Waals surface area contributed by atoms with E-state index in [0.29, 0.717) is 17.7 Å². The van der Waals surface area contributed by atoms with E-state index in [1.165, 1.54) is 0 Å². The second-order valence-corrected chi connectivity index (χ2v) is 7.77. The van der Waals surface area contributed by atoms with Crippen LogP contribution in [0.15, 0.2) is 35.2 Å². The molecule has 5 nitrogen and oxygen atoms in total. The molecule has 140 valence electrons. The smallest absolute Gasteiger partial charge is 0.265 e. The molecule has 2 aliphatic heterocycles. The van der Waals surface area contributed by atoms with Gasteiger partial charge in [-0.25, -0.2) is 13.8 Å².